The average molecular weight is 254 g/mol. The smallest absolute Gasteiger partial charge is 0.371 e. The van der Waals surface area contributed by atoms with Crippen LogP contribution in [-0.2, 0) is 0 Å². The van der Waals surface area contributed by atoms with Gasteiger partial charge in [-0.25, -0.2) is 9.48 Å². The van der Waals surface area contributed by atoms with Gasteiger partial charge in [-0.3, -0.25) is 0 Å². The van der Waals surface area contributed by atoms with Gasteiger partial charge in [0.25, 0.3) is 0 Å². The highest BCUT2D eigenvalue weighted by Gasteiger charge is 2.14. The molecule has 0 spiro atoms. The normalized spacial score (nSPS) is 10.5. The number of hydrogen-bond donors (Lipinski definition) is 1. The number of para-hydroxylation sites is 1. The van der Waals surface area contributed by atoms with Gasteiger partial charge in [0.2, 0.25) is 5.76 Å². The van der Waals surface area contributed by atoms with Gasteiger partial charge in [-0.1, -0.05) is 18.2 Å². The van der Waals surface area contributed by atoms with Gasteiger partial charge in [-0.15, -0.1) is 0 Å². The third-order valence-electron chi connectivity index (χ3n) is 2.71. The van der Waals surface area contributed by atoms with E-state index in [1.54, 1.807) is 23.0 Å². The van der Waals surface area contributed by atoms with Crippen LogP contribution in [-0.4, -0.2) is 20.9 Å². The van der Waals surface area contributed by atoms with Crippen LogP contribution < -0.4 is 0 Å². The zero-order valence-electron chi connectivity index (χ0n) is 9.85. The Bertz CT molecular complexity index is 713. The molecule has 0 saturated carbocycles. The molecular weight excluding hydrogens is 244 g/mol. The molecule has 0 bridgehead atoms. The summed E-state index contributed by atoms with van der Waals surface area (Å²) in [7, 11) is 0. The third kappa shape index (κ3) is 2.01. The van der Waals surface area contributed by atoms with Crippen LogP contribution in [0.3, 0.4) is 0 Å². The molecule has 2 heterocycles. The summed E-state index contributed by atoms with van der Waals surface area (Å²) in [5.74, 6) is -0.702. The second-order valence-electron chi connectivity index (χ2n) is 3.93. The predicted octanol–water partition coefficient (Wildman–Crippen LogP) is 2.83. The maximum Gasteiger partial charge on any atom is 0.371 e. The van der Waals surface area contributed by atoms with Gasteiger partial charge in [-0.05, 0) is 30.3 Å². The van der Waals surface area contributed by atoms with Crippen molar-refractivity contribution in [2.75, 3.05) is 0 Å². The molecule has 0 fully saturated rings. The molecule has 0 aliphatic rings. The molecule has 3 rings (SSSR count). The fraction of sp³-hybridized carbons (Fsp3) is 0. The fourth-order valence-corrected chi connectivity index (χ4v) is 1.86. The van der Waals surface area contributed by atoms with E-state index in [1.165, 1.54) is 6.07 Å². The molecular formula is C14H10N2O3. The largest absolute Gasteiger partial charge is 0.475 e. The van der Waals surface area contributed by atoms with Crippen LogP contribution in [0.15, 0.2) is 59.1 Å². The second-order valence-corrected chi connectivity index (χ2v) is 3.93. The summed E-state index contributed by atoms with van der Waals surface area (Å²) in [5, 5.41) is 13.1. The minimum Gasteiger partial charge on any atom is -0.475 e. The van der Waals surface area contributed by atoms with Crippen LogP contribution >= 0.6 is 0 Å². The van der Waals surface area contributed by atoms with E-state index in [-0.39, 0.29) is 5.76 Å². The van der Waals surface area contributed by atoms with Gasteiger partial charge < -0.3 is 9.52 Å². The molecule has 19 heavy (non-hydrogen) atoms. The van der Waals surface area contributed by atoms with Crippen LogP contribution in [0.1, 0.15) is 10.6 Å². The first-order valence-electron chi connectivity index (χ1n) is 5.68. The van der Waals surface area contributed by atoms with Crippen LogP contribution in [0, 0.1) is 0 Å². The van der Waals surface area contributed by atoms with Crippen molar-refractivity contribution in [3.63, 3.8) is 0 Å². The van der Waals surface area contributed by atoms with Gasteiger partial charge in [0.15, 0.2) is 5.76 Å². The number of aromatic carboxylic acids is 1. The molecule has 1 aromatic carbocycles. The lowest BCUT2D eigenvalue weighted by molar-refractivity contribution is 0.0663. The lowest BCUT2D eigenvalue weighted by Crippen LogP contribution is -1.97. The Hall–Kier alpha value is -2.82. The Morgan fingerprint density at radius 3 is 2.58 bits per heavy atom. The zero-order valence-corrected chi connectivity index (χ0v) is 9.85. The first kappa shape index (κ1) is 11.3. The molecule has 5 heteroatoms. The van der Waals surface area contributed by atoms with Gasteiger partial charge in [0, 0.05) is 0 Å². The van der Waals surface area contributed by atoms with Gasteiger partial charge in [-0.2, -0.15) is 5.10 Å². The van der Waals surface area contributed by atoms with Gasteiger partial charge in [0.1, 0.15) is 5.69 Å². The number of carboxylic acids is 1. The SMILES string of the molecule is O=C(O)c1ccc(-c2ccnn2-c2ccccc2)o1. The average Bonchev–Trinajstić information content (AvgIpc) is 3.08. The molecule has 0 unspecified atom stereocenters. The minimum absolute atomic E-state index is 0.0872. The summed E-state index contributed by atoms with van der Waals surface area (Å²) in [6.07, 6.45) is 1.64. The summed E-state index contributed by atoms with van der Waals surface area (Å²) >= 11 is 0. The number of furan rings is 1. The number of rotatable bonds is 3. The first-order valence-corrected chi connectivity index (χ1v) is 5.68. The maximum atomic E-state index is 10.8. The van der Waals surface area contributed by atoms with E-state index in [4.69, 9.17) is 9.52 Å². The Morgan fingerprint density at radius 2 is 1.89 bits per heavy atom. The monoisotopic (exact) mass is 254 g/mol. The first-order chi connectivity index (χ1) is 9.25. The summed E-state index contributed by atoms with van der Waals surface area (Å²) in [5.41, 5.74) is 1.59. The highest BCUT2D eigenvalue weighted by molar-refractivity contribution is 5.85. The highest BCUT2D eigenvalue weighted by atomic mass is 16.4. The Morgan fingerprint density at radius 1 is 1.11 bits per heavy atom. The molecule has 0 amide bonds. The van der Waals surface area contributed by atoms with Crippen LogP contribution in [0.4, 0.5) is 0 Å². The lowest BCUT2D eigenvalue weighted by atomic mass is 10.3. The van der Waals surface area contributed by atoms with Gasteiger partial charge >= 0.3 is 5.97 Å². The topological polar surface area (TPSA) is 68.3 Å². The van der Waals surface area contributed by atoms with Crippen molar-refractivity contribution in [2.45, 2.75) is 0 Å². The number of nitrogens with zero attached hydrogens (tertiary/aromatic N) is 2. The summed E-state index contributed by atoms with van der Waals surface area (Å²) < 4.78 is 6.99. The quantitative estimate of drug-likeness (QED) is 0.780. The molecule has 94 valence electrons. The molecule has 2 aromatic heterocycles. The van der Waals surface area contributed by atoms with E-state index >= 15 is 0 Å². The number of aromatic nitrogens is 2. The van der Waals surface area contributed by atoms with E-state index in [1.807, 2.05) is 30.3 Å². The number of carbonyl (C=O) groups is 1. The molecule has 0 aliphatic heterocycles. The fourth-order valence-electron chi connectivity index (χ4n) is 1.86. The lowest BCUT2D eigenvalue weighted by Gasteiger charge is -2.04. The van der Waals surface area contributed by atoms with Crippen LogP contribution in [0.2, 0.25) is 0 Å². The van der Waals surface area contributed by atoms with E-state index in [2.05, 4.69) is 5.10 Å². The van der Waals surface area contributed by atoms with Crippen molar-refractivity contribution in [2.24, 2.45) is 0 Å². The Kier molecular flexibility index (Phi) is 2.64. The Balaban J connectivity index is 2.07. The highest BCUT2D eigenvalue weighted by Crippen LogP contribution is 2.24. The molecule has 0 saturated heterocycles. The standard InChI is InChI=1S/C14H10N2O3/c17-14(18)13-7-6-12(19-13)11-8-9-15-16(11)10-4-2-1-3-5-10/h1-9H,(H,17,18). The molecule has 0 aliphatic carbocycles. The minimum atomic E-state index is -1.09. The molecule has 1 N–H and O–H groups in total. The third-order valence-corrected chi connectivity index (χ3v) is 2.71. The zero-order chi connectivity index (χ0) is 13.2. The molecule has 5 nitrogen and oxygen atoms in total. The molecule has 0 atom stereocenters. The Labute approximate surface area is 108 Å². The van der Waals surface area contributed by atoms with Crippen molar-refractivity contribution in [3.8, 4) is 17.1 Å². The van der Waals surface area contributed by atoms with Crippen LogP contribution in [0.25, 0.3) is 17.1 Å². The van der Waals surface area contributed by atoms with E-state index in [0.29, 0.717) is 11.5 Å². The number of benzene rings is 1. The van der Waals surface area contributed by atoms with Crippen molar-refractivity contribution in [1.29, 1.82) is 0 Å². The molecule has 3 aromatic rings. The number of carboxylic acid groups (broad SMARTS) is 1. The second kappa shape index (κ2) is 4.45. The predicted molar refractivity (Wildman–Crippen MR) is 68.2 cm³/mol. The van der Waals surface area contributed by atoms with E-state index in [9.17, 15) is 4.79 Å². The summed E-state index contributed by atoms with van der Waals surface area (Å²) in [6.45, 7) is 0. The van der Waals surface area contributed by atoms with Gasteiger partial charge in [0.05, 0.1) is 11.9 Å². The van der Waals surface area contributed by atoms with Crippen molar-refractivity contribution in [3.05, 3.63) is 60.5 Å². The summed E-state index contributed by atoms with van der Waals surface area (Å²) in [6, 6.07) is 14.4. The number of hydrogen-bond acceptors (Lipinski definition) is 3. The van der Waals surface area contributed by atoms with Crippen molar-refractivity contribution in [1.82, 2.24) is 9.78 Å². The van der Waals surface area contributed by atoms with E-state index in [0.717, 1.165) is 5.69 Å². The van der Waals surface area contributed by atoms with Crippen molar-refractivity contribution < 1.29 is 14.3 Å². The van der Waals surface area contributed by atoms with E-state index < -0.39 is 5.97 Å². The van der Waals surface area contributed by atoms with Crippen LogP contribution in [0.5, 0.6) is 0 Å². The molecule has 0 radical (unpaired) electrons. The van der Waals surface area contributed by atoms with Crippen molar-refractivity contribution >= 4 is 5.97 Å². The maximum absolute atomic E-state index is 10.8. The summed E-state index contributed by atoms with van der Waals surface area (Å²) in [4.78, 5) is 10.8.